The normalized spacial score (nSPS) is 22.9. The molecule has 1 saturated heterocycles. The van der Waals surface area contributed by atoms with Crippen LogP contribution in [0.1, 0.15) is 20.3 Å². The molecule has 1 fully saturated rings. The highest BCUT2D eigenvalue weighted by molar-refractivity contribution is 5.93. The summed E-state index contributed by atoms with van der Waals surface area (Å²) in [5, 5.41) is 0. The van der Waals surface area contributed by atoms with E-state index in [2.05, 4.69) is 11.8 Å². The average molecular weight is 181 g/mol. The molecule has 3 heteroatoms. The van der Waals surface area contributed by atoms with Crippen molar-refractivity contribution in [2.45, 2.75) is 26.3 Å². The van der Waals surface area contributed by atoms with Crippen LogP contribution in [-0.4, -0.2) is 36.6 Å². The number of nitrogens with zero attached hydrogens (tertiary/aromatic N) is 1. The molecule has 0 N–H and O–H groups in total. The molecule has 0 radical (unpaired) electrons. The lowest BCUT2D eigenvalue weighted by molar-refractivity contribution is -0.127. The fourth-order valence-electron chi connectivity index (χ4n) is 1.38. The van der Waals surface area contributed by atoms with E-state index in [4.69, 9.17) is 4.74 Å². The van der Waals surface area contributed by atoms with Gasteiger partial charge in [-0.3, -0.25) is 4.79 Å². The minimum absolute atomic E-state index is 0.0829. The SMILES string of the molecule is CC#CC(=O)N1CCCOCC1C. The molecule has 1 aliphatic heterocycles. The Morgan fingerprint density at radius 1 is 1.62 bits per heavy atom. The van der Waals surface area contributed by atoms with Crippen LogP contribution < -0.4 is 0 Å². The van der Waals surface area contributed by atoms with Gasteiger partial charge in [-0.05, 0) is 26.2 Å². The van der Waals surface area contributed by atoms with Gasteiger partial charge in [0.15, 0.2) is 0 Å². The molecule has 1 atom stereocenters. The summed E-state index contributed by atoms with van der Waals surface area (Å²) >= 11 is 0. The summed E-state index contributed by atoms with van der Waals surface area (Å²) in [4.78, 5) is 13.2. The number of hydrogen-bond acceptors (Lipinski definition) is 2. The number of rotatable bonds is 0. The van der Waals surface area contributed by atoms with Crippen LogP contribution in [0.25, 0.3) is 0 Å². The summed E-state index contributed by atoms with van der Waals surface area (Å²) in [6.07, 6.45) is 0.904. The Hall–Kier alpha value is -1.01. The van der Waals surface area contributed by atoms with Gasteiger partial charge in [-0.2, -0.15) is 0 Å². The highest BCUT2D eigenvalue weighted by Gasteiger charge is 2.20. The Kier molecular flexibility index (Phi) is 3.78. The van der Waals surface area contributed by atoms with Crippen LogP contribution in [-0.2, 0) is 9.53 Å². The van der Waals surface area contributed by atoms with E-state index in [0.29, 0.717) is 6.61 Å². The molecule has 0 aromatic carbocycles. The standard InChI is InChI=1S/C10H15NO2/c1-3-5-10(12)11-6-4-7-13-8-9(11)2/h9H,4,6-8H2,1-2H3. The van der Waals surface area contributed by atoms with Crippen LogP contribution in [0.4, 0.5) is 0 Å². The summed E-state index contributed by atoms with van der Waals surface area (Å²) in [5.74, 6) is 5.10. The molecule has 0 bridgehead atoms. The summed E-state index contributed by atoms with van der Waals surface area (Å²) in [5.41, 5.74) is 0. The minimum Gasteiger partial charge on any atom is -0.379 e. The fourth-order valence-corrected chi connectivity index (χ4v) is 1.38. The number of hydrogen-bond donors (Lipinski definition) is 0. The van der Waals surface area contributed by atoms with Crippen LogP contribution in [0.5, 0.6) is 0 Å². The maximum Gasteiger partial charge on any atom is 0.298 e. The van der Waals surface area contributed by atoms with Crippen LogP contribution >= 0.6 is 0 Å². The Morgan fingerprint density at radius 2 is 2.38 bits per heavy atom. The molecule has 0 aromatic heterocycles. The van der Waals surface area contributed by atoms with Crippen LogP contribution in [0.15, 0.2) is 0 Å². The van der Waals surface area contributed by atoms with E-state index < -0.39 is 0 Å². The van der Waals surface area contributed by atoms with E-state index in [9.17, 15) is 4.79 Å². The molecule has 0 aliphatic carbocycles. The molecule has 1 heterocycles. The zero-order valence-corrected chi connectivity index (χ0v) is 8.17. The quantitative estimate of drug-likeness (QED) is 0.513. The lowest BCUT2D eigenvalue weighted by atomic mass is 10.3. The van der Waals surface area contributed by atoms with Crippen molar-refractivity contribution in [1.29, 1.82) is 0 Å². The van der Waals surface area contributed by atoms with Gasteiger partial charge in [-0.15, -0.1) is 0 Å². The smallest absolute Gasteiger partial charge is 0.298 e. The second-order valence-corrected chi connectivity index (χ2v) is 3.15. The van der Waals surface area contributed by atoms with Gasteiger partial charge < -0.3 is 9.64 Å². The number of ether oxygens (including phenoxy) is 1. The summed E-state index contributed by atoms with van der Waals surface area (Å²) in [6.45, 7) is 5.79. The summed E-state index contributed by atoms with van der Waals surface area (Å²) < 4.78 is 5.32. The maximum absolute atomic E-state index is 11.5. The third kappa shape index (κ3) is 2.74. The van der Waals surface area contributed by atoms with Gasteiger partial charge in [0, 0.05) is 13.2 Å². The van der Waals surface area contributed by atoms with Crippen molar-refractivity contribution in [3.63, 3.8) is 0 Å². The van der Waals surface area contributed by atoms with Gasteiger partial charge in [0.1, 0.15) is 0 Å². The first-order chi connectivity index (χ1) is 6.25. The van der Waals surface area contributed by atoms with Crippen molar-refractivity contribution in [3.8, 4) is 11.8 Å². The van der Waals surface area contributed by atoms with Crippen molar-refractivity contribution >= 4 is 5.91 Å². The number of carbonyl (C=O) groups excluding carboxylic acids is 1. The maximum atomic E-state index is 11.5. The molecular formula is C10H15NO2. The van der Waals surface area contributed by atoms with E-state index in [1.807, 2.05) is 6.92 Å². The zero-order chi connectivity index (χ0) is 9.68. The Bertz CT molecular complexity index is 239. The molecule has 13 heavy (non-hydrogen) atoms. The molecule has 3 nitrogen and oxygen atoms in total. The Balaban J connectivity index is 2.62. The van der Waals surface area contributed by atoms with Crippen molar-refractivity contribution in [1.82, 2.24) is 4.90 Å². The largest absolute Gasteiger partial charge is 0.379 e. The Labute approximate surface area is 79.1 Å². The topological polar surface area (TPSA) is 29.5 Å². The van der Waals surface area contributed by atoms with E-state index in [-0.39, 0.29) is 11.9 Å². The van der Waals surface area contributed by atoms with Crippen LogP contribution in [0, 0.1) is 11.8 Å². The Morgan fingerprint density at radius 3 is 3.08 bits per heavy atom. The first-order valence-electron chi connectivity index (χ1n) is 4.57. The van der Waals surface area contributed by atoms with Gasteiger partial charge in [-0.25, -0.2) is 0 Å². The molecule has 72 valence electrons. The zero-order valence-electron chi connectivity index (χ0n) is 8.17. The highest BCUT2D eigenvalue weighted by atomic mass is 16.5. The second-order valence-electron chi connectivity index (χ2n) is 3.15. The molecule has 1 rings (SSSR count). The van der Waals surface area contributed by atoms with Gasteiger partial charge in [-0.1, -0.05) is 5.92 Å². The van der Waals surface area contributed by atoms with Crippen molar-refractivity contribution < 1.29 is 9.53 Å². The van der Waals surface area contributed by atoms with E-state index in [0.717, 1.165) is 19.6 Å². The lowest BCUT2D eigenvalue weighted by Gasteiger charge is -2.23. The van der Waals surface area contributed by atoms with E-state index in [1.165, 1.54) is 0 Å². The van der Waals surface area contributed by atoms with Crippen molar-refractivity contribution in [2.24, 2.45) is 0 Å². The fraction of sp³-hybridized carbons (Fsp3) is 0.700. The molecule has 1 amide bonds. The van der Waals surface area contributed by atoms with Gasteiger partial charge in [0.05, 0.1) is 12.6 Å². The number of carbonyl (C=O) groups is 1. The summed E-state index contributed by atoms with van der Waals surface area (Å²) in [7, 11) is 0. The van der Waals surface area contributed by atoms with Gasteiger partial charge in [0.2, 0.25) is 0 Å². The van der Waals surface area contributed by atoms with Crippen molar-refractivity contribution in [3.05, 3.63) is 0 Å². The molecule has 1 aliphatic rings. The predicted octanol–water partition coefficient (Wildman–Crippen LogP) is 0.647. The third-order valence-corrected chi connectivity index (χ3v) is 2.07. The molecule has 1 unspecified atom stereocenters. The average Bonchev–Trinajstić information content (AvgIpc) is 2.30. The molecule has 0 spiro atoms. The van der Waals surface area contributed by atoms with Crippen LogP contribution in [0.3, 0.4) is 0 Å². The van der Waals surface area contributed by atoms with Gasteiger partial charge in [0.25, 0.3) is 5.91 Å². The van der Waals surface area contributed by atoms with Crippen molar-refractivity contribution in [2.75, 3.05) is 19.8 Å². The summed E-state index contributed by atoms with van der Waals surface area (Å²) in [6, 6.07) is 0.149. The first kappa shape index (κ1) is 10.1. The molecule has 0 saturated carbocycles. The first-order valence-corrected chi connectivity index (χ1v) is 4.57. The van der Waals surface area contributed by atoms with Crippen LogP contribution in [0.2, 0.25) is 0 Å². The van der Waals surface area contributed by atoms with E-state index >= 15 is 0 Å². The lowest BCUT2D eigenvalue weighted by Crippen LogP contribution is -2.39. The molecular weight excluding hydrogens is 166 g/mol. The minimum atomic E-state index is -0.0829. The predicted molar refractivity (Wildman–Crippen MR) is 50.1 cm³/mol. The molecule has 0 aromatic rings. The third-order valence-electron chi connectivity index (χ3n) is 2.07. The highest BCUT2D eigenvalue weighted by Crippen LogP contribution is 2.06. The monoisotopic (exact) mass is 181 g/mol. The second kappa shape index (κ2) is 4.88. The van der Waals surface area contributed by atoms with Gasteiger partial charge >= 0.3 is 0 Å². The number of amides is 1. The van der Waals surface area contributed by atoms with E-state index in [1.54, 1.807) is 11.8 Å².